The average Bonchev–Trinajstić information content (AvgIpc) is 3.09. The molecule has 0 aliphatic carbocycles. The Kier molecular flexibility index (Phi) is 5.62. The summed E-state index contributed by atoms with van der Waals surface area (Å²) in [4.78, 5) is 6.79. The van der Waals surface area contributed by atoms with E-state index in [1.54, 1.807) is 25.3 Å². The number of nitrogens with zero attached hydrogens (tertiary/aromatic N) is 2. The van der Waals surface area contributed by atoms with Crippen molar-refractivity contribution in [1.82, 2.24) is 4.98 Å². The fraction of sp³-hybridized carbons (Fsp3) is 0.250. The van der Waals surface area contributed by atoms with Gasteiger partial charge in [-0.05, 0) is 43.3 Å². The number of sulfone groups is 1. The molecular weight excluding hydrogens is 364 g/mol. The highest BCUT2D eigenvalue weighted by Crippen LogP contribution is 2.23. The summed E-state index contributed by atoms with van der Waals surface area (Å²) in [5.41, 5.74) is 2.41. The van der Waals surface area contributed by atoms with Crippen molar-refractivity contribution >= 4 is 15.5 Å². The summed E-state index contributed by atoms with van der Waals surface area (Å²) >= 11 is 0. The van der Waals surface area contributed by atoms with Crippen LogP contribution >= 0.6 is 0 Å². The summed E-state index contributed by atoms with van der Waals surface area (Å²) in [6.07, 6.45) is 2.27. The third-order valence-corrected chi connectivity index (χ3v) is 5.17. The third kappa shape index (κ3) is 4.96. The lowest BCUT2D eigenvalue weighted by Gasteiger charge is -2.25. The molecule has 0 saturated carbocycles. The first kappa shape index (κ1) is 19.1. The van der Waals surface area contributed by atoms with Crippen molar-refractivity contribution in [2.45, 2.75) is 24.5 Å². The first-order valence-electron chi connectivity index (χ1n) is 8.56. The predicted molar refractivity (Wildman–Crippen MR) is 104 cm³/mol. The first-order valence-corrected chi connectivity index (χ1v) is 10.4. The van der Waals surface area contributed by atoms with E-state index in [2.05, 4.69) is 4.98 Å². The Balaban J connectivity index is 1.80. The molecule has 1 heterocycles. The van der Waals surface area contributed by atoms with Crippen LogP contribution in [-0.4, -0.2) is 37.4 Å². The van der Waals surface area contributed by atoms with E-state index >= 15 is 0 Å². The summed E-state index contributed by atoms with van der Waals surface area (Å²) in [5, 5.41) is 9.80. The molecule has 0 fully saturated rings. The van der Waals surface area contributed by atoms with Crippen LogP contribution in [0, 0.1) is 0 Å². The van der Waals surface area contributed by atoms with Gasteiger partial charge in [-0.25, -0.2) is 13.4 Å². The smallest absolute Gasteiger partial charge is 0.226 e. The number of rotatable bonds is 7. The van der Waals surface area contributed by atoms with Crippen LogP contribution in [0.1, 0.15) is 12.6 Å². The molecule has 1 unspecified atom stereocenters. The van der Waals surface area contributed by atoms with E-state index in [4.69, 9.17) is 4.42 Å². The second kappa shape index (κ2) is 7.94. The number of para-hydroxylation sites is 1. The fourth-order valence-electron chi connectivity index (χ4n) is 2.77. The van der Waals surface area contributed by atoms with Crippen LogP contribution in [0.5, 0.6) is 0 Å². The normalized spacial score (nSPS) is 12.7. The van der Waals surface area contributed by atoms with Gasteiger partial charge in [0.25, 0.3) is 0 Å². The van der Waals surface area contributed by atoms with Gasteiger partial charge in [-0.2, -0.15) is 0 Å². The number of hydrogen-bond acceptors (Lipinski definition) is 6. The summed E-state index contributed by atoms with van der Waals surface area (Å²) in [5.74, 6) is 0.426. The van der Waals surface area contributed by atoms with Crippen molar-refractivity contribution in [3.8, 4) is 11.5 Å². The van der Waals surface area contributed by atoms with Crippen molar-refractivity contribution in [2.75, 3.05) is 17.7 Å². The zero-order chi connectivity index (χ0) is 19.4. The summed E-state index contributed by atoms with van der Waals surface area (Å²) in [6, 6.07) is 16.2. The highest BCUT2D eigenvalue weighted by atomic mass is 32.2. The van der Waals surface area contributed by atoms with Crippen molar-refractivity contribution in [2.24, 2.45) is 0 Å². The van der Waals surface area contributed by atoms with Gasteiger partial charge in [-0.3, -0.25) is 0 Å². The molecule has 0 bridgehead atoms. The molecule has 1 atom stereocenters. The molecule has 27 heavy (non-hydrogen) atoms. The molecule has 3 aromatic rings. The van der Waals surface area contributed by atoms with E-state index in [-0.39, 0.29) is 4.90 Å². The standard InChI is InChI=1S/C20H22N2O4S/c1-15(23)12-22(18-6-4-3-5-7-18)13-17-14-26-20(21-17)16-8-10-19(11-9-16)27(2,24)25/h3-11,14-15,23H,12-13H2,1-2H3. The SMILES string of the molecule is CC(O)CN(Cc1coc(-c2ccc(S(C)(=O)=O)cc2)n1)c1ccccc1. The lowest BCUT2D eigenvalue weighted by atomic mass is 10.2. The molecule has 0 aliphatic heterocycles. The van der Waals surface area contributed by atoms with Gasteiger partial charge in [0.1, 0.15) is 6.26 Å². The number of aliphatic hydroxyl groups is 1. The number of benzene rings is 2. The zero-order valence-electron chi connectivity index (χ0n) is 15.2. The predicted octanol–water partition coefficient (Wildman–Crippen LogP) is 3.13. The van der Waals surface area contributed by atoms with E-state index in [0.29, 0.717) is 24.5 Å². The van der Waals surface area contributed by atoms with Crippen LogP contribution in [0.15, 0.2) is 70.2 Å². The molecular formula is C20H22N2O4S. The highest BCUT2D eigenvalue weighted by molar-refractivity contribution is 7.90. The van der Waals surface area contributed by atoms with Crippen LogP contribution in [-0.2, 0) is 16.4 Å². The molecule has 0 radical (unpaired) electrons. The minimum atomic E-state index is -3.24. The average molecular weight is 386 g/mol. The minimum Gasteiger partial charge on any atom is -0.444 e. The topological polar surface area (TPSA) is 83.6 Å². The van der Waals surface area contributed by atoms with Crippen molar-refractivity contribution in [1.29, 1.82) is 0 Å². The summed E-state index contributed by atoms with van der Waals surface area (Å²) in [6.45, 7) is 2.70. The van der Waals surface area contributed by atoms with Crippen molar-refractivity contribution in [3.05, 3.63) is 66.6 Å². The summed E-state index contributed by atoms with van der Waals surface area (Å²) < 4.78 is 28.7. The maximum atomic E-state index is 11.6. The molecule has 2 aromatic carbocycles. The van der Waals surface area contributed by atoms with E-state index < -0.39 is 15.9 Å². The molecule has 1 aromatic heterocycles. The Hall–Kier alpha value is -2.64. The highest BCUT2D eigenvalue weighted by Gasteiger charge is 2.14. The van der Waals surface area contributed by atoms with Crippen LogP contribution in [0.2, 0.25) is 0 Å². The van der Waals surface area contributed by atoms with Gasteiger partial charge in [-0.1, -0.05) is 18.2 Å². The van der Waals surface area contributed by atoms with Crippen molar-refractivity contribution in [3.63, 3.8) is 0 Å². The van der Waals surface area contributed by atoms with Crippen molar-refractivity contribution < 1.29 is 17.9 Å². The van der Waals surface area contributed by atoms with Crippen LogP contribution in [0.4, 0.5) is 5.69 Å². The largest absolute Gasteiger partial charge is 0.444 e. The molecule has 3 rings (SSSR count). The zero-order valence-corrected chi connectivity index (χ0v) is 16.1. The van der Waals surface area contributed by atoms with Gasteiger partial charge in [0.05, 0.1) is 23.2 Å². The Morgan fingerprint density at radius 2 is 1.78 bits per heavy atom. The number of anilines is 1. The van der Waals surface area contributed by atoms with E-state index in [1.807, 2.05) is 35.2 Å². The van der Waals surface area contributed by atoms with Crippen LogP contribution in [0.25, 0.3) is 11.5 Å². The Bertz CT molecular complexity index is 980. The molecule has 0 spiro atoms. The fourth-order valence-corrected chi connectivity index (χ4v) is 3.40. The molecule has 142 valence electrons. The number of aliphatic hydroxyl groups excluding tert-OH is 1. The van der Waals surface area contributed by atoms with Gasteiger partial charge < -0.3 is 14.4 Å². The molecule has 6 nitrogen and oxygen atoms in total. The molecule has 0 amide bonds. The van der Waals surface area contributed by atoms with E-state index in [1.165, 1.54) is 18.4 Å². The van der Waals surface area contributed by atoms with Crippen LogP contribution in [0.3, 0.4) is 0 Å². The number of aromatic nitrogens is 1. The number of hydrogen-bond donors (Lipinski definition) is 1. The lowest BCUT2D eigenvalue weighted by Crippen LogP contribution is -2.30. The molecule has 7 heteroatoms. The quantitative estimate of drug-likeness (QED) is 0.672. The van der Waals surface area contributed by atoms with Gasteiger partial charge in [0.2, 0.25) is 5.89 Å². The lowest BCUT2D eigenvalue weighted by molar-refractivity contribution is 0.199. The van der Waals surface area contributed by atoms with Gasteiger partial charge in [0, 0.05) is 24.1 Å². The number of oxazole rings is 1. The molecule has 0 saturated heterocycles. The second-order valence-electron chi connectivity index (χ2n) is 6.51. The minimum absolute atomic E-state index is 0.255. The van der Waals surface area contributed by atoms with E-state index in [0.717, 1.165) is 11.4 Å². The Labute approximate surface area is 159 Å². The monoisotopic (exact) mass is 386 g/mol. The third-order valence-electron chi connectivity index (χ3n) is 4.04. The summed E-state index contributed by atoms with van der Waals surface area (Å²) in [7, 11) is -3.24. The second-order valence-corrected chi connectivity index (χ2v) is 8.52. The maximum Gasteiger partial charge on any atom is 0.226 e. The maximum absolute atomic E-state index is 11.6. The molecule has 1 N–H and O–H groups in total. The van der Waals surface area contributed by atoms with Crippen LogP contribution < -0.4 is 4.90 Å². The van der Waals surface area contributed by atoms with Gasteiger partial charge >= 0.3 is 0 Å². The van der Waals surface area contributed by atoms with Gasteiger partial charge in [-0.15, -0.1) is 0 Å². The molecule has 0 aliphatic rings. The van der Waals surface area contributed by atoms with Gasteiger partial charge in [0.15, 0.2) is 9.84 Å². The Morgan fingerprint density at radius 3 is 2.37 bits per heavy atom. The van der Waals surface area contributed by atoms with E-state index in [9.17, 15) is 13.5 Å². The Morgan fingerprint density at radius 1 is 1.11 bits per heavy atom. The first-order chi connectivity index (χ1) is 12.8.